The maximum Gasteiger partial charge on any atom is 0.294 e. The van der Waals surface area contributed by atoms with E-state index in [4.69, 9.17) is 4.42 Å². The molecule has 1 amide bonds. The van der Waals surface area contributed by atoms with Crippen molar-refractivity contribution in [3.05, 3.63) is 72.2 Å². The van der Waals surface area contributed by atoms with Gasteiger partial charge in [-0.2, -0.15) is 0 Å². The molecule has 0 bridgehead atoms. The number of carbonyl (C=O) groups is 1. The Morgan fingerprint density at radius 2 is 1.86 bits per heavy atom. The summed E-state index contributed by atoms with van der Waals surface area (Å²) in [5.41, 5.74) is 4.89. The number of aliphatic imine (C=N–C) groups is 1. The number of fused-ring (bicyclic) bond motifs is 1. The zero-order valence-electron chi connectivity index (χ0n) is 15.2. The summed E-state index contributed by atoms with van der Waals surface area (Å²) >= 11 is 0. The van der Waals surface area contributed by atoms with Crippen molar-refractivity contribution in [2.45, 2.75) is 12.7 Å². The molecular weight excluding hydrogens is 376 g/mol. The smallest absolute Gasteiger partial charge is 0.294 e. The van der Waals surface area contributed by atoms with Gasteiger partial charge in [-0.3, -0.25) is 14.7 Å². The molecule has 1 aliphatic rings. The first kappa shape index (κ1) is 18.2. The third-order valence-corrected chi connectivity index (χ3v) is 5.16. The molecule has 0 radical (unpaired) electrons. The highest BCUT2D eigenvalue weighted by Crippen LogP contribution is 2.37. The molecule has 0 saturated carbocycles. The van der Waals surface area contributed by atoms with Crippen molar-refractivity contribution in [2.24, 2.45) is 4.99 Å². The molecule has 0 N–H and O–H groups in total. The highest BCUT2D eigenvalue weighted by Gasteiger charge is 2.26. The highest BCUT2D eigenvalue weighted by atomic mass is 32.2. The summed E-state index contributed by atoms with van der Waals surface area (Å²) in [4.78, 5) is 19.1. The lowest BCUT2D eigenvalue weighted by molar-refractivity contribution is 0.0963. The van der Waals surface area contributed by atoms with Crippen molar-refractivity contribution in [3.63, 3.8) is 0 Å². The Kier molecular flexibility index (Phi) is 4.83. The Balaban J connectivity index is 1.71. The molecule has 0 aliphatic carbocycles. The topological polar surface area (TPSA) is 80.0 Å². The number of thiol groups is 1. The second-order valence-corrected chi connectivity index (χ2v) is 7.59. The van der Waals surface area contributed by atoms with Crippen LogP contribution in [0.5, 0.6) is 0 Å². The van der Waals surface area contributed by atoms with Gasteiger partial charge in [-0.25, -0.2) is 8.42 Å². The van der Waals surface area contributed by atoms with Crippen LogP contribution in [0.4, 0.5) is 11.4 Å². The molecule has 1 aromatic heterocycles. The number of benzene rings is 2. The first-order chi connectivity index (χ1) is 13.5. The number of amides is 1. The van der Waals surface area contributed by atoms with Gasteiger partial charge < -0.3 is 4.42 Å². The van der Waals surface area contributed by atoms with Gasteiger partial charge in [0.15, 0.2) is 5.76 Å². The standard InChI is InChI=1S/C21H18N2O4S/c1-14-12-23(21(24)20-3-2-10-27-20)19-11-17(8-9-18(19)22-14)16-6-4-15(5-7-16)13-28(25)26/h2-11,28H,12-13H2,1H3. The fourth-order valence-corrected chi connectivity index (χ4v) is 3.74. The molecule has 0 atom stereocenters. The zero-order chi connectivity index (χ0) is 19.7. The predicted molar refractivity (Wildman–Crippen MR) is 109 cm³/mol. The van der Waals surface area contributed by atoms with Gasteiger partial charge in [0.1, 0.15) is 10.7 Å². The van der Waals surface area contributed by atoms with Crippen LogP contribution < -0.4 is 4.90 Å². The van der Waals surface area contributed by atoms with E-state index in [0.717, 1.165) is 33.8 Å². The minimum absolute atomic E-state index is 0.0270. The normalized spacial score (nSPS) is 13.4. The van der Waals surface area contributed by atoms with Crippen molar-refractivity contribution in [2.75, 3.05) is 11.4 Å². The van der Waals surface area contributed by atoms with Crippen LogP contribution in [-0.2, 0) is 16.5 Å². The predicted octanol–water partition coefficient (Wildman–Crippen LogP) is 3.81. The molecule has 0 fully saturated rings. The monoisotopic (exact) mass is 394 g/mol. The van der Waals surface area contributed by atoms with Gasteiger partial charge in [-0.05, 0) is 47.9 Å². The minimum Gasteiger partial charge on any atom is -0.459 e. The van der Waals surface area contributed by atoms with Crippen LogP contribution in [0.3, 0.4) is 0 Å². The van der Waals surface area contributed by atoms with E-state index in [0.29, 0.717) is 6.54 Å². The molecule has 2 aromatic carbocycles. The second-order valence-electron chi connectivity index (χ2n) is 6.61. The molecule has 1 aliphatic heterocycles. The van der Waals surface area contributed by atoms with Crippen LogP contribution in [0.15, 0.2) is 70.3 Å². The zero-order valence-corrected chi connectivity index (χ0v) is 16.1. The summed E-state index contributed by atoms with van der Waals surface area (Å²) in [7, 11) is -2.45. The maximum atomic E-state index is 12.9. The molecule has 4 rings (SSSR count). The van der Waals surface area contributed by atoms with Crippen molar-refractivity contribution in [3.8, 4) is 11.1 Å². The number of hydrogen-bond acceptors (Lipinski definition) is 5. The number of furan rings is 1. The Morgan fingerprint density at radius 1 is 1.11 bits per heavy atom. The van der Waals surface area contributed by atoms with Gasteiger partial charge in [0, 0.05) is 5.71 Å². The van der Waals surface area contributed by atoms with Crippen molar-refractivity contribution in [1.82, 2.24) is 0 Å². The largest absolute Gasteiger partial charge is 0.459 e. The molecule has 0 spiro atoms. The van der Waals surface area contributed by atoms with Gasteiger partial charge in [0.05, 0.1) is 29.9 Å². The average Bonchev–Trinajstić information content (AvgIpc) is 3.21. The maximum absolute atomic E-state index is 12.9. The van der Waals surface area contributed by atoms with Crippen LogP contribution in [0, 0.1) is 0 Å². The molecule has 2 heterocycles. The number of rotatable bonds is 4. The SMILES string of the molecule is CC1=Nc2ccc(-c3ccc(C[SH](=O)=O)cc3)cc2N(C(=O)c2ccco2)C1. The Hall–Kier alpha value is -3.19. The summed E-state index contributed by atoms with van der Waals surface area (Å²) < 4.78 is 27.1. The van der Waals surface area contributed by atoms with Gasteiger partial charge in [0.2, 0.25) is 0 Å². The first-order valence-electron chi connectivity index (χ1n) is 8.76. The van der Waals surface area contributed by atoms with Crippen LogP contribution in [0.2, 0.25) is 0 Å². The lowest BCUT2D eigenvalue weighted by atomic mass is 10.0. The first-order valence-corrected chi connectivity index (χ1v) is 10.1. The number of carbonyl (C=O) groups excluding carboxylic acids is 1. The lowest BCUT2D eigenvalue weighted by Crippen LogP contribution is -2.36. The van der Waals surface area contributed by atoms with E-state index in [1.54, 1.807) is 29.2 Å². The highest BCUT2D eigenvalue weighted by molar-refractivity contribution is 7.71. The van der Waals surface area contributed by atoms with Crippen molar-refractivity contribution >= 4 is 33.7 Å². The third kappa shape index (κ3) is 3.61. The quantitative estimate of drug-likeness (QED) is 0.683. The van der Waals surface area contributed by atoms with E-state index in [1.165, 1.54) is 6.26 Å². The van der Waals surface area contributed by atoms with Crippen LogP contribution >= 0.6 is 0 Å². The summed E-state index contributed by atoms with van der Waals surface area (Å²) in [5, 5.41) is 0. The summed E-state index contributed by atoms with van der Waals surface area (Å²) in [6.07, 6.45) is 1.48. The third-order valence-electron chi connectivity index (χ3n) is 4.54. The Morgan fingerprint density at radius 3 is 2.54 bits per heavy atom. The summed E-state index contributed by atoms with van der Waals surface area (Å²) in [6.45, 7) is 2.28. The molecule has 0 unspecified atom stereocenters. The van der Waals surface area contributed by atoms with Gasteiger partial charge in [-0.1, -0.05) is 30.3 Å². The molecule has 6 nitrogen and oxygen atoms in total. The molecule has 142 valence electrons. The fraction of sp³-hybridized carbons (Fsp3) is 0.143. The van der Waals surface area contributed by atoms with E-state index < -0.39 is 10.7 Å². The minimum atomic E-state index is -2.45. The second kappa shape index (κ2) is 7.44. The molecule has 7 heteroatoms. The van der Waals surface area contributed by atoms with Crippen LogP contribution in [0.25, 0.3) is 11.1 Å². The molecule has 3 aromatic rings. The van der Waals surface area contributed by atoms with E-state index in [-0.39, 0.29) is 17.4 Å². The van der Waals surface area contributed by atoms with E-state index >= 15 is 0 Å². The van der Waals surface area contributed by atoms with Gasteiger partial charge in [0.25, 0.3) is 5.91 Å². The van der Waals surface area contributed by atoms with E-state index in [1.807, 2.05) is 37.3 Å². The Bertz CT molecular complexity index is 1120. The summed E-state index contributed by atoms with van der Waals surface area (Å²) in [6, 6.07) is 16.5. The number of nitrogens with zero attached hydrogens (tertiary/aromatic N) is 2. The molecular formula is C21H18N2O4S. The average molecular weight is 394 g/mol. The van der Waals surface area contributed by atoms with Gasteiger partial charge in [-0.15, -0.1) is 0 Å². The Labute approximate surface area is 164 Å². The lowest BCUT2D eigenvalue weighted by Gasteiger charge is -2.27. The number of anilines is 1. The van der Waals surface area contributed by atoms with Crippen molar-refractivity contribution in [1.29, 1.82) is 0 Å². The van der Waals surface area contributed by atoms with E-state index in [2.05, 4.69) is 4.99 Å². The number of hydrogen-bond donors (Lipinski definition) is 1. The molecule has 0 saturated heterocycles. The van der Waals surface area contributed by atoms with Crippen LogP contribution in [0.1, 0.15) is 23.0 Å². The van der Waals surface area contributed by atoms with Crippen LogP contribution in [-0.4, -0.2) is 26.6 Å². The molecule has 28 heavy (non-hydrogen) atoms. The van der Waals surface area contributed by atoms with E-state index in [9.17, 15) is 13.2 Å². The summed E-state index contributed by atoms with van der Waals surface area (Å²) in [5.74, 6) is 0.0912. The fourth-order valence-electron chi connectivity index (χ4n) is 3.23. The van der Waals surface area contributed by atoms with Crippen molar-refractivity contribution < 1.29 is 17.6 Å². The van der Waals surface area contributed by atoms with Gasteiger partial charge >= 0.3 is 0 Å².